The molecule has 1 heterocycles. The second kappa shape index (κ2) is 11.5. The molecule has 0 bridgehead atoms. The first-order valence-corrected chi connectivity index (χ1v) is 13.3. The monoisotopic (exact) mass is 534 g/mol. The van der Waals surface area contributed by atoms with Crippen LogP contribution >= 0.6 is 0 Å². The first-order chi connectivity index (χ1) is 18.2. The lowest BCUT2D eigenvalue weighted by atomic mass is 10.0. The van der Waals surface area contributed by atoms with E-state index in [0.717, 1.165) is 22.0 Å². The van der Waals surface area contributed by atoms with Crippen LogP contribution in [0.1, 0.15) is 23.6 Å². The Labute approximate surface area is 220 Å². The Hall–Kier alpha value is -4.13. The minimum Gasteiger partial charge on any atom is -0.481 e. The third kappa shape index (κ3) is 6.40. The van der Waals surface area contributed by atoms with Gasteiger partial charge in [0, 0.05) is 30.1 Å². The number of carboxylic acids is 1. The third-order valence-corrected chi connectivity index (χ3v) is 7.49. The van der Waals surface area contributed by atoms with Crippen LogP contribution in [-0.2, 0) is 27.8 Å². The molecular formula is C29H27FN2O5S. The van der Waals surface area contributed by atoms with Gasteiger partial charge in [-0.25, -0.2) is 12.8 Å². The van der Waals surface area contributed by atoms with E-state index in [1.54, 1.807) is 19.2 Å². The summed E-state index contributed by atoms with van der Waals surface area (Å²) in [6.45, 7) is 4.16. The van der Waals surface area contributed by atoms with E-state index in [0.29, 0.717) is 17.9 Å². The lowest BCUT2D eigenvalue weighted by Gasteiger charge is -2.15. The molecule has 196 valence electrons. The maximum absolute atomic E-state index is 13.7. The summed E-state index contributed by atoms with van der Waals surface area (Å²) in [6, 6.07) is 16.3. The summed E-state index contributed by atoms with van der Waals surface area (Å²) in [7, 11) is -4.14. The summed E-state index contributed by atoms with van der Waals surface area (Å²) in [5, 5.41) is 10.7. The van der Waals surface area contributed by atoms with Gasteiger partial charge in [-0.1, -0.05) is 29.7 Å². The van der Waals surface area contributed by atoms with Crippen molar-refractivity contribution < 1.29 is 27.4 Å². The number of nitrogens with zero attached hydrogens (tertiary/aromatic N) is 1. The van der Waals surface area contributed by atoms with Gasteiger partial charge in [0.2, 0.25) is 10.0 Å². The Kier molecular flexibility index (Phi) is 8.15. The quantitative estimate of drug-likeness (QED) is 0.292. The molecule has 4 rings (SSSR count). The highest BCUT2D eigenvalue weighted by Gasteiger charge is 2.27. The number of aryl methyl sites for hydroxylation is 1. The van der Waals surface area contributed by atoms with Crippen molar-refractivity contribution in [3.05, 3.63) is 95.4 Å². The second-order valence-electron chi connectivity index (χ2n) is 8.84. The Balaban J connectivity index is 1.60. The topological polar surface area (TPSA) is 97.6 Å². The Morgan fingerprint density at radius 1 is 1.13 bits per heavy atom. The molecule has 38 heavy (non-hydrogen) atoms. The summed E-state index contributed by atoms with van der Waals surface area (Å²) in [5.74, 6) is 4.26. The number of sulfonamides is 1. The summed E-state index contributed by atoms with van der Waals surface area (Å²) >= 11 is 0. The number of hydrogen-bond acceptors (Lipinski definition) is 4. The molecule has 0 fully saturated rings. The van der Waals surface area contributed by atoms with E-state index < -0.39 is 22.0 Å². The largest absolute Gasteiger partial charge is 0.481 e. The van der Waals surface area contributed by atoms with Crippen LogP contribution in [0.15, 0.2) is 77.8 Å². The van der Waals surface area contributed by atoms with Crippen LogP contribution < -0.4 is 9.46 Å². The van der Waals surface area contributed by atoms with Crippen molar-refractivity contribution in [2.45, 2.75) is 37.8 Å². The van der Waals surface area contributed by atoms with Gasteiger partial charge in [0.15, 0.2) is 0 Å². The van der Waals surface area contributed by atoms with E-state index in [1.807, 2.05) is 35.8 Å². The van der Waals surface area contributed by atoms with E-state index in [-0.39, 0.29) is 23.7 Å². The van der Waals surface area contributed by atoms with Crippen LogP contribution in [-0.4, -0.2) is 36.7 Å². The molecule has 1 atom stereocenters. The minimum absolute atomic E-state index is 0.0814. The molecule has 4 aromatic rings. The van der Waals surface area contributed by atoms with Crippen molar-refractivity contribution in [2.24, 2.45) is 0 Å². The van der Waals surface area contributed by atoms with Crippen molar-refractivity contribution in [3.8, 4) is 17.6 Å². The highest BCUT2D eigenvalue weighted by molar-refractivity contribution is 7.89. The van der Waals surface area contributed by atoms with E-state index >= 15 is 0 Å². The van der Waals surface area contributed by atoms with Gasteiger partial charge in [0.1, 0.15) is 24.2 Å². The molecule has 1 aromatic heterocycles. The Morgan fingerprint density at radius 2 is 1.89 bits per heavy atom. The number of halogens is 1. The van der Waals surface area contributed by atoms with Crippen LogP contribution in [0, 0.1) is 24.6 Å². The standard InChI is InChI=1S/C29H27FN2O5S/c1-3-4-14-37-24-9-11-25(12-10-24)38(35,36)31-27(29(33)34)17-22-19-32(18-21-6-5-7-23(30)16-21)28-13-8-20(2)15-26(22)28/h5-13,15-16,19,27,31H,14,17-18H2,1-2H3,(H,33,34)/t27-/m0/s1. The number of aromatic nitrogens is 1. The predicted octanol–water partition coefficient (Wildman–Crippen LogP) is 4.51. The number of nitrogens with one attached hydrogen (secondary N) is 1. The maximum Gasteiger partial charge on any atom is 0.322 e. The van der Waals surface area contributed by atoms with Gasteiger partial charge in [-0.3, -0.25) is 4.79 Å². The second-order valence-corrected chi connectivity index (χ2v) is 10.5. The van der Waals surface area contributed by atoms with Gasteiger partial charge in [-0.15, -0.1) is 5.92 Å². The van der Waals surface area contributed by atoms with Gasteiger partial charge < -0.3 is 14.4 Å². The summed E-state index contributed by atoms with van der Waals surface area (Å²) in [4.78, 5) is 12.1. The fourth-order valence-corrected chi connectivity index (χ4v) is 5.36. The Bertz CT molecular complexity index is 1630. The number of hydrogen-bond donors (Lipinski definition) is 2. The number of benzene rings is 3. The molecular weight excluding hydrogens is 507 g/mol. The lowest BCUT2D eigenvalue weighted by Crippen LogP contribution is -2.42. The molecule has 0 saturated carbocycles. The molecule has 0 unspecified atom stereocenters. The number of fused-ring (bicyclic) bond motifs is 1. The number of ether oxygens (including phenoxy) is 1. The number of carbonyl (C=O) groups is 1. The van der Waals surface area contributed by atoms with Crippen LogP contribution in [0.4, 0.5) is 4.39 Å². The zero-order valence-corrected chi connectivity index (χ0v) is 21.8. The molecule has 0 aliphatic rings. The van der Waals surface area contributed by atoms with Crippen molar-refractivity contribution in [3.63, 3.8) is 0 Å². The van der Waals surface area contributed by atoms with E-state index in [9.17, 15) is 22.7 Å². The highest BCUT2D eigenvalue weighted by Crippen LogP contribution is 2.26. The van der Waals surface area contributed by atoms with Gasteiger partial charge in [0.05, 0.1) is 4.90 Å². The summed E-state index contributed by atoms with van der Waals surface area (Å²) in [5.41, 5.74) is 3.22. The van der Waals surface area contributed by atoms with E-state index in [2.05, 4.69) is 16.6 Å². The van der Waals surface area contributed by atoms with Crippen molar-refractivity contribution in [1.29, 1.82) is 0 Å². The highest BCUT2D eigenvalue weighted by atomic mass is 32.2. The van der Waals surface area contributed by atoms with Crippen LogP contribution in [0.2, 0.25) is 0 Å². The normalized spacial score (nSPS) is 12.1. The van der Waals surface area contributed by atoms with E-state index in [1.165, 1.54) is 36.4 Å². The fourth-order valence-electron chi connectivity index (χ4n) is 4.17. The lowest BCUT2D eigenvalue weighted by molar-refractivity contribution is -0.138. The van der Waals surface area contributed by atoms with Crippen LogP contribution in [0.25, 0.3) is 10.9 Å². The SMILES string of the molecule is CC#CCOc1ccc(S(=O)(=O)N[C@@H](Cc2cn(Cc3cccc(F)c3)c3ccc(C)cc23)C(=O)O)cc1. The molecule has 7 nitrogen and oxygen atoms in total. The average molecular weight is 535 g/mol. The van der Waals surface area contributed by atoms with Gasteiger partial charge in [-0.05, 0) is 73.5 Å². The molecule has 2 N–H and O–H groups in total. The zero-order valence-electron chi connectivity index (χ0n) is 20.9. The van der Waals surface area contributed by atoms with Crippen molar-refractivity contribution >= 4 is 26.9 Å². The fraction of sp³-hybridized carbons (Fsp3) is 0.207. The first kappa shape index (κ1) is 26.9. The summed E-state index contributed by atoms with van der Waals surface area (Å²) in [6.07, 6.45) is 1.71. The van der Waals surface area contributed by atoms with E-state index in [4.69, 9.17) is 4.74 Å². The molecule has 9 heteroatoms. The molecule has 0 spiro atoms. The van der Waals surface area contributed by atoms with Gasteiger partial charge in [-0.2, -0.15) is 4.72 Å². The molecule has 0 saturated heterocycles. The smallest absolute Gasteiger partial charge is 0.322 e. The number of rotatable bonds is 10. The molecule has 3 aromatic carbocycles. The Morgan fingerprint density at radius 3 is 2.58 bits per heavy atom. The number of aliphatic carboxylic acids is 1. The van der Waals surface area contributed by atoms with Gasteiger partial charge >= 0.3 is 5.97 Å². The maximum atomic E-state index is 13.7. The van der Waals surface area contributed by atoms with Crippen molar-refractivity contribution in [1.82, 2.24) is 9.29 Å². The van der Waals surface area contributed by atoms with Crippen LogP contribution in [0.3, 0.4) is 0 Å². The molecule has 0 radical (unpaired) electrons. The minimum atomic E-state index is -4.14. The average Bonchev–Trinajstić information content (AvgIpc) is 3.19. The van der Waals surface area contributed by atoms with Gasteiger partial charge in [0.25, 0.3) is 0 Å². The molecule has 0 amide bonds. The summed E-state index contributed by atoms with van der Waals surface area (Å²) < 4.78 is 49.4. The number of carboxylic acid groups (broad SMARTS) is 1. The zero-order chi connectivity index (χ0) is 27.3. The predicted molar refractivity (Wildman–Crippen MR) is 143 cm³/mol. The van der Waals surface area contributed by atoms with Crippen LogP contribution in [0.5, 0.6) is 5.75 Å². The molecule has 0 aliphatic heterocycles. The van der Waals surface area contributed by atoms with Crippen molar-refractivity contribution in [2.75, 3.05) is 6.61 Å². The molecule has 0 aliphatic carbocycles. The third-order valence-electron chi connectivity index (χ3n) is 6.00. The first-order valence-electron chi connectivity index (χ1n) is 11.9.